The fourth-order valence-electron chi connectivity index (χ4n) is 2.70. The average Bonchev–Trinajstić information content (AvgIpc) is 2.60. The number of hydrogen-bond acceptors (Lipinski definition) is 4. The van der Waals surface area contributed by atoms with Crippen molar-refractivity contribution in [1.29, 1.82) is 0 Å². The van der Waals surface area contributed by atoms with Crippen molar-refractivity contribution in [2.24, 2.45) is 0 Å². The lowest BCUT2D eigenvalue weighted by Gasteiger charge is -2.13. The molecule has 24 heavy (non-hydrogen) atoms. The zero-order valence-corrected chi connectivity index (χ0v) is 13.4. The Bertz CT molecular complexity index is 928. The average molecular weight is 320 g/mol. The zero-order chi connectivity index (χ0) is 17.1. The molecule has 0 spiro atoms. The summed E-state index contributed by atoms with van der Waals surface area (Å²) in [5.74, 6) is -0.347. The van der Waals surface area contributed by atoms with Crippen LogP contribution in [0.5, 0.6) is 5.75 Å². The highest BCUT2D eigenvalue weighted by molar-refractivity contribution is 6.04. The van der Waals surface area contributed by atoms with Crippen molar-refractivity contribution in [2.75, 3.05) is 7.11 Å². The third kappa shape index (κ3) is 2.99. The third-order valence-corrected chi connectivity index (χ3v) is 3.71. The van der Waals surface area contributed by atoms with Gasteiger partial charge in [-0.1, -0.05) is 42.5 Å². The van der Waals surface area contributed by atoms with Crippen LogP contribution in [0.15, 0.2) is 60.7 Å². The van der Waals surface area contributed by atoms with Gasteiger partial charge in [0.05, 0.1) is 12.7 Å². The number of carbonyl (C=O) groups is 2. The molecule has 0 amide bonds. The third-order valence-electron chi connectivity index (χ3n) is 3.71. The highest BCUT2D eigenvalue weighted by atomic mass is 16.5. The van der Waals surface area contributed by atoms with Crippen LogP contribution in [0.25, 0.3) is 21.9 Å². The number of methoxy groups -OCH3 is 1. The second-order valence-electron chi connectivity index (χ2n) is 5.33. The van der Waals surface area contributed by atoms with E-state index in [2.05, 4.69) is 0 Å². The number of ether oxygens (including phenoxy) is 2. The Hall–Kier alpha value is -3.14. The van der Waals surface area contributed by atoms with Crippen LogP contribution in [0.4, 0.5) is 0 Å². The number of benzene rings is 3. The lowest BCUT2D eigenvalue weighted by Crippen LogP contribution is -2.04. The van der Waals surface area contributed by atoms with Gasteiger partial charge in [0.15, 0.2) is 0 Å². The zero-order valence-electron chi connectivity index (χ0n) is 13.4. The van der Waals surface area contributed by atoms with Crippen molar-refractivity contribution < 1.29 is 19.1 Å². The molecule has 0 aliphatic carbocycles. The van der Waals surface area contributed by atoms with Gasteiger partial charge in [0, 0.05) is 12.5 Å². The molecule has 3 aromatic rings. The van der Waals surface area contributed by atoms with E-state index in [9.17, 15) is 9.59 Å². The van der Waals surface area contributed by atoms with E-state index in [0.717, 1.165) is 21.9 Å². The number of rotatable bonds is 3. The monoisotopic (exact) mass is 320 g/mol. The van der Waals surface area contributed by atoms with E-state index in [1.165, 1.54) is 14.0 Å². The number of para-hydroxylation sites is 1. The van der Waals surface area contributed by atoms with Crippen LogP contribution in [-0.4, -0.2) is 19.0 Å². The van der Waals surface area contributed by atoms with Crippen LogP contribution in [0, 0.1) is 0 Å². The van der Waals surface area contributed by atoms with Crippen molar-refractivity contribution in [2.45, 2.75) is 6.92 Å². The summed E-state index contributed by atoms with van der Waals surface area (Å²) in [6.07, 6.45) is 0. The first-order valence-corrected chi connectivity index (χ1v) is 7.49. The van der Waals surface area contributed by atoms with Crippen molar-refractivity contribution in [3.05, 3.63) is 66.2 Å². The Morgan fingerprint density at radius 1 is 0.875 bits per heavy atom. The summed E-state index contributed by atoms with van der Waals surface area (Å²) in [6, 6.07) is 18.5. The summed E-state index contributed by atoms with van der Waals surface area (Å²) in [5.41, 5.74) is 2.00. The van der Waals surface area contributed by atoms with Crippen LogP contribution in [0.3, 0.4) is 0 Å². The van der Waals surface area contributed by atoms with Gasteiger partial charge in [-0.05, 0) is 34.5 Å². The van der Waals surface area contributed by atoms with Crippen LogP contribution in [0.1, 0.15) is 17.3 Å². The summed E-state index contributed by atoms with van der Waals surface area (Å²) in [4.78, 5) is 23.4. The van der Waals surface area contributed by atoms with Gasteiger partial charge in [0.25, 0.3) is 0 Å². The van der Waals surface area contributed by atoms with Gasteiger partial charge in [0.1, 0.15) is 5.75 Å². The summed E-state index contributed by atoms with van der Waals surface area (Å²) in [6.45, 7) is 1.36. The van der Waals surface area contributed by atoms with E-state index >= 15 is 0 Å². The van der Waals surface area contributed by atoms with E-state index < -0.39 is 11.9 Å². The fraction of sp³-hybridized carbons (Fsp3) is 0.100. The number of carbonyl (C=O) groups excluding carboxylic acids is 2. The Labute approximate surface area is 139 Å². The quantitative estimate of drug-likeness (QED) is 0.535. The molecule has 0 saturated carbocycles. The SMILES string of the molecule is COC(=O)c1cc(-c2ccccc2OC(C)=O)c2ccccc2c1. The molecule has 0 N–H and O–H groups in total. The summed E-state index contributed by atoms with van der Waals surface area (Å²) in [7, 11) is 1.35. The first-order chi connectivity index (χ1) is 11.6. The standard InChI is InChI=1S/C20H16O4/c1-13(21)24-19-10-6-5-9-17(19)18-12-15(20(22)23-2)11-14-7-3-4-8-16(14)18/h3-12H,1-2H3. The van der Waals surface area contributed by atoms with E-state index in [1.54, 1.807) is 24.3 Å². The van der Waals surface area contributed by atoms with E-state index in [4.69, 9.17) is 9.47 Å². The lowest BCUT2D eigenvalue weighted by molar-refractivity contribution is -0.131. The molecule has 0 fully saturated rings. The molecule has 0 unspecified atom stereocenters. The smallest absolute Gasteiger partial charge is 0.337 e. The molecule has 4 heteroatoms. The lowest BCUT2D eigenvalue weighted by atomic mass is 9.95. The maximum Gasteiger partial charge on any atom is 0.337 e. The van der Waals surface area contributed by atoms with Gasteiger partial charge < -0.3 is 9.47 Å². The van der Waals surface area contributed by atoms with Crippen LogP contribution in [-0.2, 0) is 9.53 Å². The molecular formula is C20H16O4. The van der Waals surface area contributed by atoms with Crippen LogP contribution >= 0.6 is 0 Å². The second kappa shape index (κ2) is 6.54. The van der Waals surface area contributed by atoms with Gasteiger partial charge in [-0.15, -0.1) is 0 Å². The maximum atomic E-state index is 12.0. The van der Waals surface area contributed by atoms with E-state index in [-0.39, 0.29) is 0 Å². The van der Waals surface area contributed by atoms with Gasteiger partial charge >= 0.3 is 11.9 Å². The first kappa shape index (κ1) is 15.7. The van der Waals surface area contributed by atoms with Crippen molar-refractivity contribution >= 4 is 22.7 Å². The minimum absolute atomic E-state index is 0.393. The molecule has 0 bridgehead atoms. The molecule has 0 saturated heterocycles. The molecule has 3 aromatic carbocycles. The molecule has 0 aromatic heterocycles. The Kier molecular flexibility index (Phi) is 4.29. The first-order valence-electron chi connectivity index (χ1n) is 7.49. The molecule has 0 aliphatic rings. The van der Waals surface area contributed by atoms with Gasteiger partial charge in [-0.25, -0.2) is 4.79 Å². The minimum atomic E-state index is -0.410. The highest BCUT2D eigenvalue weighted by Crippen LogP contribution is 2.36. The molecular weight excluding hydrogens is 304 g/mol. The summed E-state index contributed by atoms with van der Waals surface area (Å²) >= 11 is 0. The number of esters is 2. The van der Waals surface area contributed by atoms with Gasteiger partial charge in [0.2, 0.25) is 0 Å². The highest BCUT2D eigenvalue weighted by Gasteiger charge is 2.15. The topological polar surface area (TPSA) is 52.6 Å². The predicted octanol–water partition coefficient (Wildman–Crippen LogP) is 4.22. The second-order valence-corrected chi connectivity index (χ2v) is 5.33. The van der Waals surface area contributed by atoms with Gasteiger partial charge in [-0.2, -0.15) is 0 Å². The number of fused-ring (bicyclic) bond motifs is 1. The minimum Gasteiger partial charge on any atom is -0.465 e. The van der Waals surface area contributed by atoms with Crippen molar-refractivity contribution in [1.82, 2.24) is 0 Å². The normalized spacial score (nSPS) is 10.4. The predicted molar refractivity (Wildman–Crippen MR) is 92.0 cm³/mol. The molecule has 120 valence electrons. The summed E-state index contributed by atoms with van der Waals surface area (Å²) in [5, 5.41) is 1.87. The maximum absolute atomic E-state index is 12.0. The van der Waals surface area contributed by atoms with E-state index in [0.29, 0.717) is 11.3 Å². The largest absolute Gasteiger partial charge is 0.465 e. The Morgan fingerprint density at radius 3 is 2.33 bits per heavy atom. The van der Waals surface area contributed by atoms with Crippen LogP contribution < -0.4 is 4.74 Å². The Balaban J connectivity index is 2.29. The molecule has 3 rings (SSSR count). The fourth-order valence-corrected chi connectivity index (χ4v) is 2.70. The van der Waals surface area contributed by atoms with Crippen molar-refractivity contribution in [3.63, 3.8) is 0 Å². The molecule has 0 atom stereocenters. The Morgan fingerprint density at radius 2 is 1.58 bits per heavy atom. The number of hydrogen-bond donors (Lipinski definition) is 0. The molecule has 0 radical (unpaired) electrons. The van der Waals surface area contributed by atoms with Crippen molar-refractivity contribution in [3.8, 4) is 16.9 Å². The van der Waals surface area contributed by atoms with Gasteiger partial charge in [-0.3, -0.25) is 4.79 Å². The van der Waals surface area contributed by atoms with Crippen LogP contribution in [0.2, 0.25) is 0 Å². The molecule has 0 aliphatic heterocycles. The summed E-state index contributed by atoms with van der Waals surface area (Å²) < 4.78 is 10.2. The van der Waals surface area contributed by atoms with E-state index in [1.807, 2.05) is 36.4 Å². The molecule has 0 heterocycles. The molecule has 4 nitrogen and oxygen atoms in total.